The minimum atomic E-state index is 0.437. The number of nitrogens with zero attached hydrogens (tertiary/aromatic N) is 1. The van der Waals surface area contributed by atoms with E-state index in [0.29, 0.717) is 11.6 Å². The summed E-state index contributed by atoms with van der Waals surface area (Å²) in [5.41, 5.74) is 2.83. The molecule has 0 fully saturated rings. The first-order valence-electron chi connectivity index (χ1n) is 4.92. The molecule has 0 saturated carbocycles. The fraction of sp³-hybridized carbons (Fsp3) is 0.250. The van der Waals surface area contributed by atoms with E-state index in [1.807, 2.05) is 31.2 Å². The zero-order chi connectivity index (χ0) is 11.5. The fourth-order valence-electron chi connectivity index (χ4n) is 1.51. The second-order valence-electron chi connectivity index (χ2n) is 3.52. The highest BCUT2D eigenvalue weighted by Crippen LogP contribution is 2.26. The molecule has 0 saturated heterocycles. The predicted molar refractivity (Wildman–Crippen MR) is 62.4 cm³/mol. The van der Waals surface area contributed by atoms with Crippen LogP contribution in [-0.4, -0.2) is 12.3 Å². The molecule has 1 aromatic carbocycles. The van der Waals surface area contributed by atoms with Crippen LogP contribution in [0.5, 0.6) is 0 Å². The monoisotopic (exact) mass is 237 g/mol. The number of ether oxygens (including phenoxy) is 1. The molecule has 0 radical (unpaired) electrons. The Morgan fingerprint density at radius 3 is 2.62 bits per heavy atom. The third-order valence-electron chi connectivity index (χ3n) is 2.41. The molecule has 0 atom stereocenters. The van der Waals surface area contributed by atoms with Gasteiger partial charge in [-0.15, -0.1) is 0 Å². The Morgan fingerprint density at radius 2 is 2.00 bits per heavy atom. The quantitative estimate of drug-likeness (QED) is 0.820. The number of halogens is 1. The van der Waals surface area contributed by atoms with Gasteiger partial charge in [0.15, 0.2) is 5.76 Å². The maximum atomic E-state index is 5.83. The summed E-state index contributed by atoms with van der Waals surface area (Å²) in [5.74, 6) is 0.757. The van der Waals surface area contributed by atoms with Crippen LogP contribution < -0.4 is 0 Å². The van der Waals surface area contributed by atoms with Gasteiger partial charge < -0.3 is 9.26 Å². The molecule has 0 unspecified atom stereocenters. The summed E-state index contributed by atoms with van der Waals surface area (Å²) in [6.45, 7) is 2.40. The number of aromatic nitrogens is 1. The van der Waals surface area contributed by atoms with Gasteiger partial charge in [0.1, 0.15) is 12.3 Å². The number of hydrogen-bond acceptors (Lipinski definition) is 3. The summed E-state index contributed by atoms with van der Waals surface area (Å²) in [6, 6.07) is 7.51. The first-order chi connectivity index (χ1) is 7.72. The van der Waals surface area contributed by atoms with Crippen molar-refractivity contribution in [3.63, 3.8) is 0 Å². The summed E-state index contributed by atoms with van der Waals surface area (Å²) in [5, 5.41) is 4.75. The van der Waals surface area contributed by atoms with E-state index in [1.165, 1.54) is 0 Å². The van der Waals surface area contributed by atoms with Gasteiger partial charge in [-0.2, -0.15) is 0 Å². The van der Waals surface area contributed by atoms with Crippen molar-refractivity contribution in [3.8, 4) is 11.3 Å². The number of rotatable bonds is 3. The average molecular weight is 238 g/mol. The van der Waals surface area contributed by atoms with Crippen LogP contribution in [0, 0.1) is 6.92 Å². The van der Waals surface area contributed by atoms with Crippen LogP contribution >= 0.6 is 11.6 Å². The Hall–Kier alpha value is -1.32. The van der Waals surface area contributed by atoms with Crippen LogP contribution in [0.3, 0.4) is 0 Å². The molecular formula is C12H12ClNO2. The highest BCUT2D eigenvalue weighted by Gasteiger charge is 2.12. The molecule has 1 heterocycles. The third-order valence-corrected chi connectivity index (χ3v) is 2.67. The Morgan fingerprint density at radius 1 is 1.31 bits per heavy atom. The Labute approximate surface area is 99.0 Å². The van der Waals surface area contributed by atoms with Crippen LogP contribution in [0.15, 0.2) is 28.8 Å². The zero-order valence-electron chi connectivity index (χ0n) is 9.16. The summed E-state index contributed by atoms with van der Waals surface area (Å²) < 4.78 is 10.2. The fourth-order valence-corrected chi connectivity index (χ4v) is 1.64. The van der Waals surface area contributed by atoms with Gasteiger partial charge >= 0.3 is 0 Å². The standard InChI is InChI=1S/C12H12ClNO2/c1-8-11(7-15-2)16-14-12(8)9-3-5-10(13)6-4-9/h3-6H,7H2,1-2H3. The van der Waals surface area contributed by atoms with Gasteiger partial charge in [-0.05, 0) is 19.1 Å². The van der Waals surface area contributed by atoms with Gasteiger partial charge in [0, 0.05) is 23.3 Å². The largest absolute Gasteiger partial charge is 0.377 e. The molecule has 16 heavy (non-hydrogen) atoms. The molecule has 2 rings (SSSR count). The first kappa shape index (κ1) is 11.2. The lowest BCUT2D eigenvalue weighted by Gasteiger charge is -1.98. The molecule has 84 valence electrons. The molecule has 0 aliphatic carbocycles. The predicted octanol–water partition coefficient (Wildman–Crippen LogP) is 3.45. The van der Waals surface area contributed by atoms with Gasteiger partial charge in [0.2, 0.25) is 0 Å². The van der Waals surface area contributed by atoms with Crippen LogP contribution in [0.2, 0.25) is 5.02 Å². The molecule has 1 aromatic heterocycles. The second-order valence-corrected chi connectivity index (χ2v) is 3.96. The second kappa shape index (κ2) is 4.68. The topological polar surface area (TPSA) is 35.3 Å². The summed E-state index contributed by atoms with van der Waals surface area (Å²) >= 11 is 5.83. The third kappa shape index (κ3) is 2.10. The molecule has 0 aliphatic rings. The van der Waals surface area contributed by atoms with Gasteiger partial charge in [-0.1, -0.05) is 28.9 Å². The molecule has 0 bridgehead atoms. The lowest BCUT2D eigenvalue weighted by Crippen LogP contribution is -1.87. The SMILES string of the molecule is COCc1onc(-c2ccc(Cl)cc2)c1C. The van der Waals surface area contributed by atoms with Crippen molar-refractivity contribution in [2.24, 2.45) is 0 Å². The van der Waals surface area contributed by atoms with E-state index in [4.69, 9.17) is 20.9 Å². The Kier molecular flexibility index (Phi) is 3.27. The van der Waals surface area contributed by atoms with Gasteiger partial charge in [-0.3, -0.25) is 0 Å². The zero-order valence-corrected chi connectivity index (χ0v) is 9.91. The van der Waals surface area contributed by atoms with E-state index in [1.54, 1.807) is 7.11 Å². The molecule has 4 heteroatoms. The van der Waals surface area contributed by atoms with E-state index in [9.17, 15) is 0 Å². The van der Waals surface area contributed by atoms with Crippen molar-refractivity contribution in [1.82, 2.24) is 5.16 Å². The molecular weight excluding hydrogens is 226 g/mol. The van der Waals surface area contributed by atoms with E-state index >= 15 is 0 Å². The average Bonchev–Trinajstić information content (AvgIpc) is 2.63. The normalized spacial score (nSPS) is 10.7. The van der Waals surface area contributed by atoms with Crippen molar-refractivity contribution in [2.45, 2.75) is 13.5 Å². The molecule has 0 N–H and O–H groups in total. The maximum Gasteiger partial charge on any atom is 0.165 e. The van der Waals surface area contributed by atoms with Crippen LogP contribution in [-0.2, 0) is 11.3 Å². The van der Waals surface area contributed by atoms with Crippen molar-refractivity contribution < 1.29 is 9.26 Å². The Balaban J connectivity index is 2.37. The van der Waals surface area contributed by atoms with Crippen LogP contribution in [0.4, 0.5) is 0 Å². The maximum absolute atomic E-state index is 5.83. The minimum absolute atomic E-state index is 0.437. The van der Waals surface area contributed by atoms with E-state index in [2.05, 4.69) is 5.16 Å². The van der Waals surface area contributed by atoms with Crippen molar-refractivity contribution in [2.75, 3.05) is 7.11 Å². The van der Waals surface area contributed by atoms with Gasteiger partial charge in [0.25, 0.3) is 0 Å². The number of benzene rings is 1. The van der Waals surface area contributed by atoms with E-state index < -0.39 is 0 Å². The van der Waals surface area contributed by atoms with Gasteiger partial charge in [-0.25, -0.2) is 0 Å². The van der Waals surface area contributed by atoms with E-state index in [-0.39, 0.29) is 0 Å². The molecule has 0 spiro atoms. The van der Waals surface area contributed by atoms with Crippen molar-refractivity contribution >= 4 is 11.6 Å². The summed E-state index contributed by atoms with van der Waals surface area (Å²) in [4.78, 5) is 0. The molecule has 3 nitrogen and oxygen atoms in total. The molecule has 2 aromatic rings. The van der Waals surface area contributed by atoms with Crippen LogP contribution in [0.1, 0.15) is 11.3 Å². The first-order valence-corrected chi connectivity index (χ1v) is 5.30. The highest BCUT2D eigenvalue weighted by molar-refractivity contribution is 6.30. The lowest BCUT2D eigenvalue weighted by molar-refractivity contribution is 0.155. The summed E-state index contributed by atoms with van der Waals surface area (Å²) in [6.07, 6.45) is 0. The smallest absolute Gasteiger partial charge is 0.165 e. The van der Waals surface area contributed by atoms with Gasteiger partial charge in [0.05, 0.1) is 0 Å². The van der Waals surface area contributed by atoms with Crippen molar-refractivity contribution in [1.29, 1.82) is 0 Å². The lowest BCUT2D eigenvalue weighted by atomic mass is 10.1. The van der Waals surface area contributed by atoms with E-state index in [0.717, 1.165) is 22.6 Å². The molecule has 0 amide bonds. The number of methoxy groups -OCH3 is 1. The minimum Gasteiger partial charge on any atom is -0.377 e. The summed E-state index contributed by atoms with van der Waals surface area (Å²) in [7, 11) is 1.63. The number of hydrogen-bond donors (Lipinski definition) is 0. The van der Waals surface area contributed by atoms with Crippen molar-refractivity contribution in [3.05, 3.63) is 40.6 Å². The van der Waals surface area contributed by atoms with Crippen LogP contribution in [0.25, 0.3) is 11.3 Å². The highest BCUT2D eigenvalue weighted by atomic mass is 35.5. The molecule has 0 aliphatic heterocycles. The Bertz CT molecular complexity index is 476.